The van der Waals surface area contributed by atoms with E-state index in [0.717, 1.165) is 11.5 Å². The number of anilines is 1. The third kappa shape index (κ3) is 6.30. The average Bonchev–Trinajstić information content (AvgIpc) is 3.48. The van der Waals surface area contributed by atoms with E-state index in [0.29, 0.717) is 34.0 Å². The van der Waals surface area contributed by atoms with Gasteiger partial charge in [-0.05, 0) is 60.7 Å². The summed E-state index contributed by atoms with van der Waals surface area (Å²) in [7, 11) is 1.60. The normalized spacial score (nSPS) is 10.7. The molecular formula is C23H21ClN4O4S. The lowest BCUT2D eigenvalue weighted by Gasteiger charge is -2.10. The van der Waals surface area contributed by atoms with E-state index in [1.54, 1.807) is 61.9 Å². The Hall–Kier alpha value is -3.43. The summed E-state index contributed by atoms with van der Waals surface area (Å²) in [5.41, 5.74) is 0.690. The lowest BCUT2D eigenvalue weighted by atomic mass is 10.3. The molecule has 0 spiro atoms. The van der Waals surface area contributed by atoms with Gasteiger partial charge in [0.05, 0.1) is 25.7 Å². The Morgan fingerprint density at radius 3 is 2.55 bits per heavy atom. The van der Waals surface area contributed by atoms with Crippen LogP contribution in [0.3, 0.4) is 0 Å². The van der Waals surface area contributed by atoms with Crippen LogP contribution in [0.4, 0.5) is 5.69 Å². The maximum Gasteiger partial charge on any atom is 0.234 e. The molecule has 1 N–H and O–H groups in total. The van der Waals surface area contributed by atoms with Gasteiger partial charge in [-0.1, -0.05) is 23.4 Å². The lowest BCUT2D eigenvalue weighted by molar-refractivity contribution is -0.113. The first kappa shape index (κ1) is 22.8. The number of nitrogens with one attached hydrogen (secondary N) is 1. The van der Waals surface area contributed by atoms with Gasteiger partial charge in [-0.2, -0.15) is 0 Å². The van der Waals surface area contributed by atoms with Crippen molar-refractivity contribution < 1.29 is 18.7 Å². The van der Waals surface area contributed by atoms with Crippen LogP contribution in [0.5, 0.6) is 11.5 Å². The third-order valence-corrected chi connectivity index (χ3v) is 5.79. The molecule has 2 aromatic carbocycles. The van der Waals surface area contributed by atoms with Crippen LogP contribution in [0, 0.1) is 0 Å². The second kappa shape index (κ2) is 10.9. The Balaban J connectivity index is 1.42. The summed E-state index contributed by atoms with van der Waals surface area (Å²) in [6, 6.07) is 17.9. The molecule has 2 aromatic heterocycles. The van der Waals surface area contributed by atoms with Gasteiger partial charge in [0, 0.05) is 10.7 Å². The second-order valence-electron chi connectivity index (χ2n) is 6.87. The largest absolute Gasteiger partial charge is 0.497 e. The molecule has 170 valence electrons. The van der Waals surface area contributed by atoms with Crippen molar-refractivity contribution in [3.63, 3.8) is 0 Å². The number of benzene rings is 2. The summed E-state index contributed by atoms with van der Waals surface area (Å²) in [6.45, 7) is 0.621. The smallest absolute Gasteiger partial charge is 0.234 e. The van der Waals surface area contributed by atoms with Gasteiger partial charge in [-0.15, -0.1) is 10.2 Å². The zero-order valence-corrected chi connectivity index (χ0v) is 19.3. The molecule has 2 heterocycles. The maximum absolute atomic E-state index is 12.4. The molecule has 0 saturated heterocycles. The monoisotopic (exact) mass is 484 g/mol. The molecule has 0 aliphatic carbocycles. The van der Waals surface area contributed by atoms with Gasteiger partial charge in [0.25, 0.3) is 0 Å². The number of rotatable bonds is 10. The van der Waals surface area contributed by atoms with E-state index in [-0.39, 0.29) is 18.3 Å². The Bertz CT molecular complexity index is 1180. The van der Waals surface area contributed by atoms with Crippen molar-refractivity contribution in [2.45, 2.75) is 18.3 Å². The zero-order valence-electron chi connectivity index (χ0n) is 17.7. The van der Waals surface area contributed by atoms with Gasteiger partial charge in [0.15, 0.2) is 11.0 Å². The highest BCUT2D eigenvalue weighted by molar-refractivity contribution is 7.99. The van der Waals surface area contributed by atoms with Gasteiger partial charge in [0.1, 0.15) is 23.9 Å². The molecule has 0 bridgehead atoms. The van der Waals surface area contributed by atoms with Gasteiger partial charge in [-0.3, -0.25) is 9.36 Å². The van der Waals surface area contributed by atoms with E-state index in [4.69, 9.17) is 25.5 Å². The van der Waals surface area contributed by atoms with Crippen molar-refractivity contribution in [1.29, 1.82) is 0 Å². The molecule has 4 aromatic rings. The Morgan fingerprint density at radius 2 is 1.85 bits per heavy atom. The van der Waals surface area contributed by atoms with Crippen LogP contribution in [0.2, 0.25) is 5.02 Å². The number of amides is 1. The number of carbonyl (C=O) groups is 1. The molecule has 8 nitrogen and oxygen atoms in total. The molecule has 0 fully saturated rings. The van der Waals surface area contributed by atoms with Crippen LogP contribution < -0.4 is 14.8 Å². The number of hydrogen-bond donors (Lipinski definition) is 1. The van der Waals surface area contributed by atoms with Crippen molar-refractivity contribution in [3.05, 3.63) is 83.5 Å². The van der Waals surface area contributed by atoms with Crippen molar-refractivity contribution in [3.8, 4) is 11.5 Å². The number of ether oxygens (including phenoxy) is 2. The molecule has 0 aliphatic heterocycles. The van der Waals surface area contributed by atoms with E-state index in [2.05, 4.69) is 15.5 Å². The minimum Gasteiger partial charge on any atom is -0.497 e. The number of hydrogen-bond acceptors (Lipinski definition) is 7. The van der Waals surface area contributed by atoms with E-state index in [1.165, 1.54) is 11.8 Å². The quantitative estimate of drug-likeness (QED) is 0.320. The highest BCUT2D eigenvalue weighted by Crippen LogP contribution is 2.22. The summed E-state index contributed by atoms with van der Waals surface area (Å²) in [4.78, 5) is 12.4. The summed E-state index contributed by atoms with van der Waals surface area (Å²) < 4.78 is 18.3. The number of furan rings is 1. The van der Waals surface area contributed by atoms with Gasteiger partial charge < -0.3 is 19.2 Å². The van der Waals surface area contributed by atoms with Crippen molar-refractivity contribution in [2.75, 3.05) is 18.2 Å². The molecule has 10 heteroatoms. The summed E-state index contributed by atoms with van der Waals surface area (Å²) in [5.74, 6) is 2.75. The van der Waals surface area contributed by atoms with Crippen molar-refractivity contribution in [2.24, 2.45) is 0 Å². The predicted octanol–water partition coefficient (Wildman–Crippen LogP) is 4.89. The average molecular weight is 485 g/mol. The van der Waals surface area contributed by atoms with E-state index < -0.39 is 0 Å². The van der Waals surface area contributed by atoms with Crippen molar-refractivity contribution in [1.82, 2.24) is 14.8 Å². The molecule has 33 heavy (non-hydrogen) atoms. The van der Waals surface area contributed by atoms with Crippen LogP contribution in [0.1, 0.15) is 11.6 Å². The van der Waals surface area contributed by atoms with Gasteiger partial charge in [0.2, 0.25) is 5.91 Å². The first-order chi connectivity index (χ1) is 16.1. The summed E-state index contributed by atoms with van der Waals surface area (Å²) in [5, 5.41) is 12.6. The number of thioether (sulfide) groups is 1. The SMILES string of the molecule is COc1ccc(NC(=O)CSc2nnc(COc3ccc(Cl)cc3)n2Cc2ccco2)cc1. The fraction of sp³-hybridized carbons (Fsp3) is 0.174. The lowest BCUT2D eigenvalue weighted by Crippen LogP contribution is -2.15. The fourth-order valence-corrected chi connectivity index (χ4v) is 3.81. The minimum atomic E-state index is -0.156. The van der Waals surface area contributed by atoms with Crippen molar-refractivity contribution >= 4 is 35.0 Å². The van der Waals surface area contributed by atoms with Crippen LogP contribution in [-0.4, -0.2) is 33.5 Å². The Kier molecular flexibility index (Phi) is 7.54. The van der Waals surface area contributed by atoms with E-state index in [1.807, 2.05) is 16.7 Å². The Morgan fingerprint density at radius 1 is 1.09 bits per heavy atom. The standard InChI is InChI=1S/C23H21ClN4O4S/c1-30-18-10-6-17(7-11-18)25-22(29)15-33-23-27-26-21(28(23)13-20-3-2-12-31-20)14-32-19-8-4-16(24)5-9-19/h2-12H,13-15H2,1H3,(H,25,29). The number of nitrogens with zero attached hydrogens (tertiary/aromatic N) is 3. The molecule has 0 atom stereocenters. The number of carbonyl (C=O) groups excluding carboxylic acids is 1. The van der Waals surface area contributed by atoms with Crippen LogP contribution in [-0.2, 0) is 17.9 Å². The van der Waals surface area contributed by atoms with Crippen LogP contribution >= 0.6 is 23.4 Å². The third-order valence-electron chi connectivity index (χ3n) is 4.58. The fourth-order valence-electron chi connectivity index (χ4n) is 2.93. The molecule has 0 aliphatic rings. The molecule has 1 amide bonds. The first-order valence-electron chi connectivity index (χ1n) is 10.0. The number of halogens is 1. The first-order valence-corrected chi connectivity index (χ1v) is 11.4. The summed E-state index contributed by atoms with van der Waals surface area (Å²) >= 11 is 7.21. The van der Waals surface area contributed by atoms with Gasteiger partial charge >= 0.3 is 0 Å². The molecule has 0 unspecified atom stereocenters. The summed E-state index contributed by atoms with van der Waals surface area (Å²) in [6.07, 6.45) is 1.61. The Labute approximate surface area is 199 Å². The minimum absolute atomic E-state index is 0.156. The molecule has 4 rings (SSSR count). The van der Waals surface area contributed by atoms with Gasteiger partial charge in [-0.25, -0.2) is 0 Å². The number of methoxy groups -OCH3 is 1. The van der Waals surface area contributed by atoms with E-state index >= 15 is 0 Å². The predicted molar refractivity (Wildman–Crippen MR) is 126 cm³/mol. The second-order valence-corrected chi connectivity index (χ2v) is 8.25. The molecule has 0 saturated carbocycles. The molecular weight excluding hydrogens is 464 g/mol. The van der Waals surface area contributed by atoms with Crippen LogP contribution in [0.15, 0.2) is 76.5 Å². The topological polar surface area (TPSA) is 91.4 Å². The molecule has 0 radical (unpaired) electrons. The highest BCUT2D eigenvalue weighted by Gasteiger charge is 2.16. The highest BCUT2D eigenvalue weighted by atomic mass is 35.5. The zero-order chi connectivity index (χ0) is 23.0. The van der Waals surface area contributed by atoms with Crippen LogP contribution in [0.25, 0.3) is 0 Å². The number of aromatic nitrogens is 3. The maximum atomic E-state index is 12.4. The van der Waals surface area contributed by atoms with E-state index in [9.17, 15) is 4.79 Å².